The zero-order chi connectivity index (χ0) is 20.3. The van der Waals surface area contributed by atoms with Gasteiger partial charge < -0.3 is 10.6 Å². The highest BCUT2D eigenvalue weighted by molar-refractivity contribution is 7.99. The number of nitrogen functional groups attached to an aromatic ring is 1. The Bertz CT molecular complexity index is 959. The van der Waals surface area contributed by atoms with Crippen molar-refractivity contribution in [3.63, 3.8) is 0 Å². The van der Waals surface area contributed by atoms with Crippen LogP contribution in [0, 0.1) is 0 Å². The standard InChI is InChI=1S/C21H23ClN6S/c1-2-21(16-5-3-4-9-24-16)7-11-28(12-8-21)17-13-27-18(14-26-17)29-15-6-10-25-20(23)19(15)22/h3-6,9-10,13-14H,2,7-8,11-12H2,1H3,(H2,23,25). The third-order valence-corrected chi connectivity index (χ3v) is 7.13. The number of anilines is 2. The van der Waals surface area contributed by atoms with Gasteiger partial charge in [0.1, 0.15) is 16.7 Å². The summed E-state index contributed by atoms with van der Waals surface area (Å²) in [4.78, 5) is 20.9. The molecule has 3 aromatic heterocycles. The van der Waals surface area contributed by atoms with E-state index >= 15 is 0 Å². The predicted octanol–water partition coefficient (Wildman–Crippen LogP) is 4.60. The van der Waals surface area contributed by atoms with Gasteiger partial charge in [0.05, 0.1) is 17.4 Å². The van der Waals surface area contributed by atoms with Crippen LogP contribution in [0.1, 0.15) is 31.9 Å². The Labute approximate surface area is 179 Å². The van der Waals surface area contributed by atoms with Crippen LogP contribution in [0.3, 0.4) is 0 Å². The van der Waals surface area contributed by atoms with Gasteiger partial charge in [0, 0.05) is 41.5 Å². The van der Waals surface area contributed by atoms with Crippen LogP contribution in [0.4, 0.5) is 11.6 Å². The van der Waals surface area contributed by atoms with E-state index in [1.807, 2.05) is 24.5 Å². The summed E-state index contributed by atoms with van der Waals surface area (Å²) in [7, 11) is 0. The lowest BCUT2D eigenvalue weighted by atomic mass is 9.73. The molecule has 0 aliphatic carbocycles. The molecular weight excluding hydrogens is 404 g/mol. The van der Waals surface area contributed by atoms with Crippen LogP contribution in [-0.2, 0) is 5.41 Å². The predicted molar refractivity (Wildman–Crippen MR) is 117 cm³/mol. The van der Waals surface area contributed by atoms with Gasteiger partial charge >= 0.3 is 0 Å². The molecule has 0 aromatic carbocycles. The number of halogens is 1. The molecule has 1 aliphatic heterocycles. The lowest BCUT2D eigenvalue weighted by Gasteiger charge is -2.41. The van der Waals surface area contributed by atoms with Gasteiger partial charge in [0.15, 0.2) is 0 Å². The molecule has 6 nitrogen and oxygen atoms in total. The molecule has 1 saturated heterocycles. The zero-order valence-electron chi connectivity index (χ0n) is 16.3. The molecule has 0 unspecified atom stereocenters. The molecule has 0 radical (unpaired) electrons. The minimum atomic E-state index is 0.152. The molecule has 150 valence electrons. The maximum Gasteiger partial charge on any atom is 0.147 e. The monoisotopic (exact) mass is 426 g/mol. The van der Waals surface area contributed by atoms with E-state index in [9.17, 15) is 0 Å². The van der Waals surface area contributed by atoms with Crippen molar-refractivity contribution >= 4 is 35.0 Å². The fourth-order valence-corrected chi connectivity index (χ4v) is 4.78. The number of piperidine rings is 1. The molecule has 0 atom stereocenters. The van der Waals surface area contributed by atoms with Crippen molar-refractivity contribution in [1.82, 2.24) is 19.9 Å². The van der Waals surface area contributed by atoms with Crippen LogP contribution in [0.5, 0.6) is 0 Å². The summed E-state index contributed by atoms with van der Waals surface area (Å²) in [5.41, 5.74) is 7.12. The maximum absolute atomic E-state index is 6.22. The Hall–Kier alpha value is -2.38. The number of nitrogens with two attached hydrogens (primary N) is 1. The van der Waals surface area contributed by atoms with E-state index in [4.69, 9.17) is 17.3 Å². The summed E-state index contributed by atoms with van der Waals surface area (Å²) in [6.45, 7) is 4.14. The summed E-state index contributed by atoms with van der Waals surface area (Å²) in [6, 6.07) is 8.04. The van der Waals surface area contributed by atoms with Crippen molar-refractivity contribution < 1.29 is 0 Å². The minimum absolute atomic E-state index is 0.152. The SMILES string of the molecule is CCC1(c2ccccn2)CCN(c2cnc(Sc3ccnc(N)c3Cl)cn2)CC1. The Morgan fingerprint density at radius 2 is 1.90 bits per heavy atom. The quantitative estimate of drug-likeness (QED) is 0.638. The highest BCUT2D eigenvalue weighted by atomic mass is 35.5. The molecular formula is C21H23ClN6S. The molecule has 0 amide bonds. The Morgan fingerprint density at radius 3 is 2.55 bits per heavy atom. The molecule has 0 bridgehead atoms. The summed E-state index contributed by atoms with van der Waals surface area (Å²) >= 11 is 7.65. The first-order valence-corrected chi connectivity index (χ1v) is 10.9. The number of pyridine rings is 2. The van der Waals surface area contributed by atoms with E-state index in [0.717, 1.165) is 48.1 Å². The second-order valence-corrected chi connectivity index (χ2v) is 8.60. The second kappa shape index (κ2) is 8.55. The number of nitrogens with zero attached hydrogens (tertiary/aromatic N) is 5. The first-order chi connectivity index (χ1) is 14.1. The first-order valence-electron chi connectivity index (χ1n) is 9.67. The number of aromatic nitrogens is 4. The molecule has 2 N–H and O–H groups in total. The Balaban J connectivity index is 1.43. The van der Waals surface area contributed by atoms with E-state index in [1.165, 1.54) is 17.5 Å². The molecule has 3 aromatic rings. The van der Waals surface area contributed by atoms with Crippen LogP contribution in [-0.4, -0.2) is 33.0 Å². The topological polar surface area (TPSA) is 80.8 Å². The lowest BCUT2D eigenvalue weighted by molar-refractivity contribution is 0.311. The third-order valence-electron chi connectivity index (χ3n) is 5.64. The number of hydrogen-bond acceptors (Lipinski definition) is 7. The average molecular weight is 427 g/mol. The molecule has 0 saturated carbocycles. The zero-order valence-corrected chi connectivity index (χ0v) is 17.8. The van der Waals surface area contributed by atoms with Crippen LogP contribution < -0.4 is 10.6 Å². The molecule has 1 aliphatic rings. The van der Waals surface area contributed by atoms with Crippen molar-refractivity contribution in [3.05, 3.63) is 59.8 Å². The normalized spacial score (nSPS) is 16.0. The van der Waals surface area contributed by atoms with Crippen LogP contribution in [0.25, 0.3) is 0 Å². The molecule has 4 rings (SSSR count). The highest BCUT2D eigenvalue weighted by Gasteiger charge is 2.36. The van der Waals surface area contributed by atoms with Crippen molar-refractivity contribution in [3.8, 4) is 0 Å². The van der Waals surface area contributed by atoms with E-state index in [2.05, 4.69) is 43.9 Å². The molecule has 29 heavy (non-hydrogen) atoms. The minimum Gasteiger partial charge on any atom is -0.382 e. The van der Waals surface area contributed by atoms with Crippen LogP contribution in [0.2, 0.25) is 5.02 Å². The second-order valence-electron chi connectivity index (χ2n) is 7.16. The number of hydrogen-bond donors (Lipinski definition) is 1. The van der Waals surface area contributed by atoms with E-state index < -0.39 is 0 Å². The number of rotatable bonds is 5. The summed E-state index contributed by atoms with van der Waals surface area (Å²) in [5, 5.41) is 1.22. The van der Waals surface area contributed by atoms with Crippen LogP contribution in [0.15, 0.2) is 59.0 Å². The van der Waals surface area contributed by atoms with Crippen molar-refractivity contribution in [2.24, 2.45) is 0 Å². The molecule has 1 fully saturated rings. The highest BCUT2D eigenvalue weighted by Crippen LogP contribution is 2.38. The first kappa shape index (κ1) is 19.9. The maximum atomic E-state index is 6.22. The van der Waals surface area contributed by atoms with E-state index in [-0.39, 0.29) is 5.41 Å². The van der Waals surface area contributed by atoms with Gasteiger partial charge in [-0.05, 0) is 37.5 Å². The van der Waals surface area contributed by atoms with Crippen LogP contribution >= 0.6 is 23.4 Å². The lowest BCUT2D eigenvalue weighted by Crippen LogP contribution is -2.43. The van der Waals surface area contributed by atoms with Crippen molar-refractivity contribution in [2.75, 3.05) is 23.7 Å². The molecule has 4 heterocycles. The van der Waals surface area contributed by atoms with E-state index in [0.29, 0.717) is 10.8 Å². The summed E-state index contributed by atoms with van der Waals surface area (Å²) in [6.07, 6.45) is 10.4. The van der Waals surface area contributed by atoms with Crippen molar-refractivity contribution in [2.45, 2.75) is 41.5 Å². The third kappa shape index (κ3) is 4.16. The fraction of sp³-hybridized carbons (Fsp3) is 0.333. The van der Waals surface area contributed by atoms with Gasteiger partial charge in [-0.15, -0.1) is 0 Å². The fourth-order valence-electron chi connectivity index (χ4n) is 3.79. The van der Waals surface area contributed by atoms with E-state index in [1.54, 1.807) is 12.4 Å². The molecule has 8 heteroatoms. The summed E-state index contributed by atoms with van der Waals surface area (Å²) < 4.78 is 0. The van der Waals surface area contributed by atoms with Gasteiger partial charge in [-0.3, -0.25) is 4.98 Å². The largest absolute Gasteiger partial charge is 0.382 e. The van der Waals surface area contributed by atoms with Gasteiger partial charge in [-0.1, -0.05) is 36.4 Å². The van der Waals surface area contributed by atoms with Gasteiger partial charge in [-0.2, -0.15) is 0 Å². The van der Waals surface area contributed by atoms with Gasteiger partial charge in [0.25, 0.3) is 0 Å². The Morgan fingerprint density at radius 1 is 1.07 bits per heavy atom. The summed E-state index contributed by atoms with van der Waals surface area (Å²) in [5.74, 6) is 1.22. The van der Waals surface area contributed by atoms with Gasteiger partial charge in [0.2, 0.25) is 0 Å². The average Bonchev–Trinajstić information content (AvgIpc) is 2.78. The molecule has 0 spiro atoms. The van der Waals surface area contributed by atoms with Crippen molar-refractivity contribution in [1.29, 1.82) is 0 Å². The smallest absolute Gasteiger partial charge is 0.147 e. The Kier molecular flexibility index (Phi) is 5.87. The van der Waals surface area contributed by atoms with Gasteiger partial charge in [-0.25, -0.2) is 15.0 Å².